The summed E-state index contributed by atoms with van der Waals surface area (Å²) >= 11 is 0. The van der Waals surface area contributed by atoms with Crippen LogP contribution in [-0.2, 0) is 32.4 Å². The van der Waals surface area contributed by atoms with Gasteiger partial charge in [-0.1, -0.05) is 26.0 Å². The Kier molecular flexibility index (Phi) is 6.18. The average Bonchev–Trinajstić information content (AvgIpc) is 3.17. The molecule has 0 amide bonds. The summed E-state index contributed by atoms with van der Waals surface area (Å²) in [7, 11) is 0. The van der Waals surface area contributed by atoms with Crippen LogP contribution in [0.2, 0.25) is 0 Å². The Bertz CT molecular complexity index is 1170. The molecular weight excluding hydrogens is 483 g/mol. The van der Waals surface area contributed by atoms with Crippen LogP contribution in [0, 0.1) is 5.41 Å². The highest BCUT2D eigenvalue weighted by atomic mass is 19.4. The molecule has 5 nitrogen and oxygen atoms in total. The second-order valence-electron chi connectivity index (χ2n) is 11.8. The minimum absolute atomic E-state index is 0.0876. The van der Waals surface area contributed by atoms with Crippen LogP contribution >= 0.6 is 0 Å². The molecule has 200 valence electrons. The first-order valence-corrected chi connectivity index (χ1v) is 13.3. The normalized spacial score (nSPS) is 27.2. The van der Waals surface area contributed by atoms with Gasteiger partial charge in [0.2, 0.25) is 0 Å². The molecule has 37 heavy (non-hydrogen) atoms. The maximum absolute atomic E-state index is 13.3. The van der Waals surface area contributed by atoms with Gasteiger partial charge in [0.25, 0.3) is 0 Å². The number of nitrogens with zero attached hydrogens (tertiary/aromatic N) is 1. The lowest BCUT2D eigenvalue weighted by atomic mass is 9.69. The Morgan fingerprint density at radius 3 is 2.24 bits per heavy atom. The van der Waals surface area contributed by atoms with E-state index in [0.29, 0.717) is 51.3 Å². The van der Waals surface area contributed by atoms with Crippen LogP contribution in [-0.4, -0.2) is 36.5 Å². The second kappa shape index (κ2) is 9.04. The highest BCUT2D eigenvalue weighted by Gasteiger charge is 2.52. The maximum Gasteiger partial charge on any atom is 0.416 e. The van der Waals surface area contributed by atoms with Gasteiger partial charge in [0.05, 0.1) is 23.0 Å². The minimum Gasteiger partial charge on any atom is -0.388 e. The first-order valence-electron chi connectivity index (χ1n) is 13.3. The quantitative estimate of drug-likeness (QED) is 0.520. The van der Waals surface area contributed by atoms with E-state index in [0.717, 1.165) is 59.5 Å². The van der Waals surface area contributed by atoms with Crippen molar-refractivity contribution >= 4 is 0 Å². The number of aliphatic hydroxyl groups excluding tert-OH is 1. The smallest absolute Gasteiger partial charge is 0.388 e. The van der Waals surface area contributed by atoms with Gasteiger partial charge in [-0.15, -0.1) is 0 Å². The predicted octanol–water partition coefficient (Wildman–Crippen LogP) is 6.13. The highest BCUT2D eigenvalue weighted by molar-refractivity contribution is 5.54. The van der Waals surface area contributed by atoms with Crippen LogP contribution < -0.4 is 0 Å². The molecule has 8 heteroatoms. The van der Waals surface area contributed by atoms with E-state index in [-0.39, 0.29) is 11.3 Å². The van der Waals surface area contributed by atoms with Gasteiger partial charge < -0.3 is 19.3 Å². The third-order valence-corrected chi connectivity index (χ3v) is 8.62. The van der Waals surface area contributed by atoms with E-state index in [4.69, 9.17) is 19.2 Å². The minimum atomic E-state index is -4.40. The van der Waals surface area contributed by atoms with Crippen molar-refractivity contribution in [1.82, 2.24) is 4.98 Å². The molecule has 4 aliphatic rings. The van der Waals surface area contributed by atoms with Gasteiger partial charge in [0.15, 0.2) is 0 Å². The number of ether oxygens (including phenoxy) is 3. The Balaban J connectivity index is 1.58. The largest absolute Gasteiger partial charge is 0.416 e. The van der Waals surface area contributed by atoms with Crippen LogP contribution in [0.3, 0.4) is 0 Å². The van der Waals surface area contributed by atoms with Crippen molar-refractivity contribution in [3.63, 3.8) is 0 Å². The van der Waals surface area contributed by atoms with Gasteiger partial charge in [0.1, 0.15) is 6.10 Å². The molecule has 1 spiro atoms. The van der Waals surface area contributed by atoms with Crippen LogP contribution in [0.25, 0.3) is 0 Å². The van der Waals surface area contributed by atoms with Gasteiger partial charge in [0, 0.05) is 62.0 Å². The zero-order valence-electron chi connectivity index (χ0n) is 21.4. The molecule has 3 aliphatic heterocycles. The Morgan fingerprint density at radius 2 is 1.59 bits per heavy atom. The summed E-state index contributed by atoms with van der Waals surface area (Å²) in [6.45, 7) is 6.69. The predicted molar refractivity (Wildman–Crippen MR) is 130 cm³/mol. The van der Waals surface area contributed by atoms with Crippen LogP contribution in [0.1, 0.15) is 103 Å². The first-order chi connectivity index (χ1) is 17.6. The van der Waals surface area contributed by atoms with Crippen molar-refractivity contribution in [1.29, 1.82) is 0 Å². The monoisotopic (exact) mass is 517 g/mol. The number of pyridine rings is 1. The van der Waals surface area contributed by atoms with Crippen LogP contribution in [0.4, 0.5) is 13.2 Å². The molecule has 1 aromatic carbocycles. The molecule has 1 unspecified atom stereocenters. The van der Waals surface area contributed by atoms with Crippen molar-refractivity contribution in [2.75, 3.05) is 26.4 Å². The Morgan fingerprint density at radius 1 is 0.946 bits per heavy atom. The fourth-order valence-electron chi connectivity index (χ4n) is 6.86. The SMILES string of the molecule is CC1(C)Cc2nc(C3CCOCC3)c3c(c2[C@@H](O)C1)C1(CCOCC1)OC3c1ccc(C(F)(F)F)cc1. The number of halogens is 3. The first kappa shape index (κ1) is 25.3. The van der Waals surface area contributed by atoms with Crippen molar-refractivity contribution in [3.8, 4) is 0 Å². The van der Waals surface area contributed by atoms with E-state index < -0.39 is 29.5 Å². The van der Waals surface area contributed by atoms with E-state index in [2.05, 4.69) is 13.8 Å². The molecule has 1 aromatic heterocycles. The summed E-state index contributed by atoms with van der Waals surface area (Å²) < 4.78 is 58.3. The Hall–Kier alpha value is -2.00. The number of rotatable bonds is 2. The number of benzene rings is 1. The number of aliphatic hydroxyl groups is 1. The van der Waals surface area contributed by atoms with Crippen molar-refractivity contribution < 1.29 is 32.5 Å². The number of hydrogen-bond acceptors (Lipinski definition) is 5. The van der Waals surface area contributed by atoms with E-state index in [1.165, 1.54) is 12.1 Å². The van der Waals surface area contributed by atoms with E-state index >= 15 is 0 Å². The summed E-state index contributed by atoms with van der Waals surface area (Å²) in [6.07, 6.45) is -1.29. The molecule has 1 aliphatic carbocycles. The topological polar surface area (TPSA) is 60.8 Å². The summed E-state index contributed by atoms with van der Waals surface area (Å²) in [5.41, 5.74) is 4.01. The lowest BCUT2D eigenvalue weighted by Gasteiger charge is -2.40. The molecule has 0 bridgehead atoms. The number of aromatic nitrogens is 1. The number of alkyl halides is 3. The van der Waals surface area contributed by atoms with Crippen LogP contribution in [0.5, 0.6) is 0 Å². The molecule has 4 heterocycles. The molecule has 6 rings (SSSR count). The molecule has 1 N–H and O–H groups in total. The van der Waals surface area contributed by atoms with Gasteiger partial charge in [-0.2, -0.15) is 13.2 Å². The second-order valence-corrected chi connectivity index (χ2v) is 11.8. The van der Waals surface area contributed by atoms with Gasteiger partial charge in [-0.3, -0.25) is 4.98 Å². The zero-order chi connectivity index (χ0) is 26.0. The van der Waals surface area contributed by atoms with E-state index in [9.17, 15) is 18.3 Å². The van der Waals surface area contributed by atoms with Gasteiger partial charge >= 0.3 is 6.18 Å². The lowest BCUT2D eigenvalue weighted by molar-refractivity contribution is -0.137. The van der Waals surface area contributed by atoms with Crippen molar-refractivity contribution in [2.24, 2.45) is 5.41 Å². The van der Waals surface area contributed by atoms with E-state index in [1.54, 1.807) is 0 Å². The zero-order valence-corrected chi connectivity index (χ0v) is 21.4. The Labute approximate surface area is 215 Å². The summed E-state index contributed by atoms with van der Waals surface area (Å²) in [4.78, 5) is 5.26. The van der Waals surface area contributed by atoms with Gasteiger partial charge in [-0.05, 0) is 54.4 Å². The fraction of sp³-hybridized carbons (Fsp3) is 0.621. The molecule has 0 radical (unpaired) electrons. The third-order valence-electron chi connectivity index (χ3n) is 8.62. The molecule has 2 atom stereocenters. The summed E-state index contributed by atoms with van der Waals surface area (Å²) in [6, 6.07) is 5.32. The molecule has 2 fully saturated rings. The molecule has 0 saturated carbocycles. The van der Waals surface area contributed by atoms with E-state index in [1.807, 2.05) is 0 Å². The van der Waals surface area contributed by atoms with Crippen molar-refractivity contribution in [3.05, 3.63) is 63.5 Å². The maximum atomic E-state index is 13.3. The fourth-order valence-corrected chi connectivity index (χ4v) is 6.86. The molecule has 2 saturated heterocycles. The standard InChI is InChI=1S/C29H34F3NO4/c1-27(2)15-20-22(21(34)16-27)24-23(25(33-20)17-7-11-35-12-8-17)26(37-28(24)9-13-36-14-10-28)18-3-5-19(6-4-18)29(30,31)32/h3-6,17,21,26,34H,7-16H2,1-2H3/t21-,26?/m0/s1. The molecular formula is C29H34F3NO4. The average molecular weight is 518 g/mol. The summed E-state index contributed by atoms with van der Waals surface area (Å²) in [5, 5.41) is 11.5. The number of hydrogen-bond donors (Lipinski definition) is 1. The lowest BCUT2D eigenvalue weighted by Crippen LogP contribution is -2.37. The number of fused-ring (bicyclic) bond motifs is 4. The highest BCUT2D eigenvalue weighted by Crippen LogP contribution is 2.58. The van der Waals surface area contributed by atoms with Crippen molar-refractivity contribution in [2.45, 2.75) is 82.3 Å². The van der Waals surface area contributed by atoms with Gasteiger partial charge in [-0.25, -0.2) is 0 Å². The van der Waals surface area contributed by atoms with Crippen LogP contribution in [0.15, 0.2) is 24.3 Å². The molecule has 2 aromatic rings. The summed E-state index contributed by atoms with van der Waals surface area (Å²) in [5.74, 6) is 0.172. The third kappa shape index (κ3) is 4.40.